The molecule has 1 atom stereocenters. The van der Waals surface area contributed by atoms with E-state index < -0.39 is 17.9 Å². The molecule has 2 aliphatic heterocycles. The van der Waals surface area contributed by atoms with E-state index in [0.717, 1.165) is 32.5 Å². The third-order valence-corrected chi connectivity index (χ3v) is 8.91. The third kappa shape index (κ3) is 6.36. The summed E-state index contributed by atoms with van der Waals surface area (Å²) in [5.74, 6) is -1.83. The Balaban J connectivity index is 1.24. The molecule has 0 amide bonds. The Labute approximate surface area is 258 Å². The molecule has 228 valence electrons. The first-order valence-electron chi connectivity index (χ1n) is 15.1. The Kier molecular flexibility index (Phi) is 9.70. The molecule has 3 aromatic rings. The lowest BCUT2D eigenvalue weighted by molar-refractivity contribution is -0.139. The second kappa shape index (κ2) is 13.8. The molecule has 0 bridgehead atoms. The summed E-state index contributed by atoms with van der Waals surface area (Å²) in [4.78, 5) is 40.1. The van der Waals surface area contributed by atoms with Crippen LogP contribution in [0.25, 0.3) is 0 Å². The molecule has 1 fully saturated rings. The van der Waals surface area contributed by atoms with E-state index in [2.05, 4.69) is 76.1 Å². The van der Waals surface area contributed by atoms with Crippen molar-refractivity contribution in [2.45, 2.75) is 44.4 Å². The van der Waals surface area contributed by atoms with Crippen LogP contribution in [0.2, 0.25) is 0 Å². The molecule has 0 aromatic heterocycles. The van der Waals surface area contributed by atoms with Gasteiger partial charge in [0.2, 0.25) is 0 Å². The number of methoxy groups -OCH3 is 1. The standard InChI is InChI=1S/C36H39N3O5/c1-25-31(34(40)43-3)33(27-12-10-17-30(24-27)38-42)32(26(2)37-25)35(41)44-23-11-20-39-21-18-36(19-22-39,28-13-6-4-7-14-28)29-15-8-5-9-16-29/h4-10,12-17,24,33,37H,11,18-23H2,1-3H3/t33-/m1/s1. The van der Waals surface area contributed by atoms with Crippen LogP contribution in [0.15, 0.2) is 113 Å². The highest BCUT2D eigenvalue weighted by molar-refractivity contribution is 5.99. The molecule has 5 rings (SSSR count). The Morgan fingerprint density at radius 1 is 0.864 bits per heavy atom. The maximum Gasteiger partial charge on any atom is 0.336 e. The van der Waals surface area contributed by atoms with E-state index in [1.807, 2.05) is 0 Å². The number of piperidine rings is 1. The minimum absolute atomic E-state index is 0.0157. The van der Waals surface area contributed by atoms with Gasteiger partial charge in [-0.3, -0.25) is 0 Å². The highest BCUT2D eigenvalue weighted by Gasteiger charge is 2.39. The minimum Gasteiger partial charge on any atom is -0.466 e. The normalized spacial score (nSPS) is 18.4. The average molecular weight is 594 g/mol. The number of hydrogen-bond donors (Lipinski definition) is 1. The van der Waals surface area contributed by atoms with Crippen LogP contribution in [-0.4, -0.2) is 50.2 Å². The highest BCUT2D eigenvalue weighted by atomic mass is 16.5. The van der Waals surface area contributed by atoms with Crippen molar-refractivity contribution < 1.29 is 19.1 Å². The van der Waals surface area contributed by atoms with Gasteiger partial charge in [0.05, 0.1) is 30.8 Å². The van der Waals surface area contributed by atoms with Crippen LogP contribution in [0.4, 0.5) is 5.69 Å². The van der Waals surface area contributed by atoms with Crippen LogP contribution in [-0.2, 0) is 24.5 Å². The molecule has 8 nitrogen and oxygen atoms in total. The second-order valence-corrected chi connectivity index (χ2v) is 11.5. The van der Waals surface area contributed by atoms with Gasteiger partial charge in [0, 0.05) is 23.4 Å². The average Bonchev–Trinajstić information content (AvgIpc) is 3.07. The molecule has 0 spiro atoms. The minimum atomic E-state index is -0.760. The van der Waals surface area contributed by atoms with Gasteiger partial charge in [-0.15, -0.1) is 4.91 Å². The summed E-state index contributed by atoms with van der Waals surface area (Å²) in [6, 6.07) is 28.1. The zero-order valence-electron chi connectivity index (χ0n) is 25.5. The highest BCUT2D eigenvalue weighted by Crippen LogP contribution is 2.42. The van der Waals surface area contributed by atoms with E-state index in [1.165, 1.54) is 18.2 Å². The number of benzene rings is 3. The lowest BCUT2D eigenvalue weighted by Crippen LogP contribution is -2.43. The number of nitroso groups, excluding NO2 is 1. The smallest absolute Gasteiger partial charge is 0.336 e. The number of hydrogen-bond acceptors (Lipinski definition) is 8. The summed E-state index contributed by atoms with van der Waals surface area (Å²) in [6.07, 6.45) is 2.71. The Morgan fingerprint density at radius 2 is 1.45 bits per heavy atom. The van der Waals surface area contributed by atoms with E-state index in [9.17, 15) is 14.5 Å². The molecule has 2 aliphatic rings. The molecular weight excluding hydrogens is 554 g/mol. The van der Waals surface area contributed by atoms with Gasteiger partial charge in [-0.25, -0.2) is 9.59 Å². The van der Waals surface area contributed by atoms with Crippen LogP contribution in [0.3, 0.4) is 0 Å². The maximum atomic E-state index is 13.6. The number of likely N-dealkylation sites (tertiary alicyclic amines) is 1. The van der Waals surface area contributed by atoms with Crippen molar-refractivity contribution in [3.05, 3.63) is 129 Å². The zero-order chi connectivity index (χ0) is 31.1. The van der Waals surface area contributed by atoms with Crippen molar-refractivity contribution in [1.29, 1.82) is 0 Å². The Bertz CT molecular complexity index is 1520. The molecule has 3 aromatic carbocycles. The summed E-state index contributed by atoms with van der Waals surface area (Å²) in [7, 11) is 1.30. The molecule has 1 N–H and O–H groups in total. The predicted molar refractivity (Wildman–Crippen MR) is 170 cm³/mol. The molecule has 0 saturated carbocycles. The third-order valence-electron chi connectivity index (χ3n) is 8.91. The van der Waals surface area contributed by atoms with Crippen molar-refractivity contribution in [2.75, 3.05) is 33.4 Å². The number of esters is 2. The van der Waals surface area contributed by atoms with Crippen LogP contribution in [0.5, 0.6) is 0 Å². The summed E-state index contributed by atoms with van der Waals surface area (Å²) < 4.78 is 10.9. The molecular formula is C36H39N3O5. The van der Waals surface area contributed by atoms with Gasteiger partial charge >= 0.3 is 11.9 Å². The topological polar surface area (TPSA) is 97.3 Å². The van der Waals surface area contributed by atoms with Crippen LogP contribution >= 0.6 is 0 Å². The van der Waals surface area contributed by atoms with E-state index in [4.69, 9.17) is 9.47 Å². The van der Waals surface area contributed by atoms with Gasteiger partial charge in [-0.1, -0.05) is 72.8 Å². The number of ether oxygens (including phenoxy) is 2. The maximum absolute atomic E-state index is 13.6. The summed E-state index contributed by atoms with van der Waals surface area (Å²) in [5, 5.41) is 6.18. The largest absolute Gasteiger partial charge is 0.466 e. The fraction of sp³-hybridized carbons (Fsp3) is 0.333. The monoisotopic (exact) mass is 593 g/mol. The quantitative estimate of drug-likeness (QED) is 0.163. The molecule has 44 heavy (non-hydrogen) atoms. The zero-order valence-corrected chi connectivity index (χ0v) is 25.5. The van der Waals surface area contributed by atoms with Gasteiger partial charge in [-0.05, 0) is 80.2 Å². The number of carbonyl (C=O) groups is 2. The van der Waals surface area contributed by atoms with E-state index in [-0.39, 0.29) is 17.7 Å². The van der Waals surface area contributed by atoms with Crippen molar-refractivity contribution in [3.63, 3.8) is 0 Å². The molecule has 0 aliphatic carbocycles. The van der Waals surface area contributed by atoms with Crippen LogP contribution < -0.4 is 5.32 Å². The van der Waals surface area contributed by atoms with Crippen molar-refractivity contribution >= 4 is 17.6 Å². The summed E-state index contributed by atoms with van der Waals surface area (Å²) in [6.45, 7) is 6.49. The fourth-order valence-electron chi connectivity index (χ4n) is 6.69. The number of rotatable bonds is 10. The van der Waals surface area contributed by atoms with Crippen molar-refractivity contribution in [2.24, 2.45) is 5.18 Å². The second-order valence-electron chi connectivity index (χ2n) is 11.5. The first-order chi connectivity index (χ1) is 21.4. The van der Waals surface area contributed by atoms with Crippen molar-refractivity contribution in [3.8, 4) is 0 Å². The number of dihydropyridines is 1. The predicted octanol–water partition coefficient (Wildman–Crippen LogP) is 6.51. The number of carbonyl (C=O) groups excluding carboxylic acids is 2. The molecule has 8 heteroatoms. The lowest BCUT2D eigenvalue weighted by Gasteiger charge is -2.43. The van der Waals surface area contributed by atoms with Crippen LogP contribution in [0.1, 0.15) is 55.7 Å². The lowest BCUT2D eigenvalue weighted by atomic mass is 9.68. The van der Waals surface area contributed by atoms with Crippen molar-refractivity contribution in [1.82, 2.24) is 10.2 Å². The van der Waals surface area contributed by atoms with Gasteiger partial charge in [0.1, 0.15) is 5.69 Å². The van der Waals surface area contributed by atoms with E-state index in [1.54, 1.807) is 38.1 Å². The van der Waals surface area contributed by atoms with Crippen LogP contribution in [0, 0.1) is 4.91 Å². The summed E-state index contributed by atoms with van der Waals surface area (Å²) >= 11 is 0. The Hall–Kier alpha value is -4.56. The fourth-order valence-corrected chi connectivity index (χ4v) is 6.69. The van der Waals surface area contributed by atoms with E-state index >= 15 is 0 Å². The molecule has 2 heterocycles. The molecule has 1 saturated heterocycles. The first kappa shape index (κ1) is 30.9. The SMILES string of the molecule is COC(=O)C1=C(C)NC(C)=C(C(=O)OCCCN2CCC(c3ccccc3)(c3ccccc3)CC2)[C@@H]1c1cccc(N=O)c1. The number of nitrogens with zero attached hydrogens (tertiary/aromatic N) is 2. The molecule has 0 unspecified atom stereocenters. The van der Waals surface area contributed by atoms with E-state index in [0.29, 0.717) is 34.5 Å². The first-order valence-corrected chi connectivity index (χ1v) is 15.1. The number of nitrogens with one attached hydrogen (secondary N) is 1. The summed E-state index contributed by atoms with van der Waals surface area (Å²) in [5.41, 5.74) is 5.25. The molecule has 0 radical (unpaired) electrons. The van der Waals surface area contributed by atoms with Gasteiger partial charge in [-0.2, -0.15) is 0 Å². The Morgan fingerprint density at radius 3 is 2.02 bits per heavy atom. The van der Waals surface area contributed by atoms with Gasteiger partial charge < -0.3 is 19.7 Å². The van der Waals surface area contributed by atoms with Gasteiger partial charge in [0.25, 0.3) is 0 Å². The van der Waals surface area contributed by atoms with Gasteiger partial charge in [0.15, 0.2) is 0 Å². The number of allylic oxidation sites excluding steroid dienone is 2.